The summed E-state index contributed by atoms with van der Waals surface area (Å²) in [7, 11) is 0. The van der Waals surface area contributed by atoms with Gasteiger partial charge < -0.3 is 4.74 Å². The van der Waals surface area contributed by atoms with Crippen molar-refractivity contribution in [2.45, 2.75) is 71.8 Å². The summed E-state index contributed by atoms with van der Waals surface area (Å²) in [5.74, 6) is 0.871. The highest BCUT2D eigenvalue weighted by Crippen LogP contribution is 2.68. The Morgan fingerprint density at radius 1 is 1.11 bits per heavy atom. The van der Waals surface area contributed by atoms with Crippen LogP contribution in [0.3, 0.4) is 0 Å². The molecule has 6 atom stereocenters. The molecule has 4 nitrogen and oxygen atoms in total. The number of carbonyl (C=O) groups excluding carboxylic acids is 3. The van der Waals surface area contributed by atoms with Crippen LogP contribution in [0.4, 0.5) is 0 Å². The van der Waals surface area contributed by atoms with Gasteiger partial charge in [0.1, 0.15) is 0 Å². The average molecular weight is 449 g/mol. The fraction of sp³-hybridized carbons (Fsp3) is 0.696. The number of hydrogen-bond acceptors (Lipinski definition) is 4. The molecule has 0 radical (unpaired) electrons. The van der Waals surface area contributed by atoms with Crippen molar-refractivity contribution < 1.29 is 19.1 Å². The molecular weight excluding hydrogens is 420 g/mol. The Labute approximate surface area is 175 Å². The Bertz CT molecular complexity index is 826. The third-order valence-corrected chi connectivity index (χ3v) is 9.26. The number of ether oxygens (including phenoxy) is 1. The van der Waals surface area contributed by atoms with Crippen molar-refractivity contribution in [3.8, 4) is 0 Å². The van der Waals surface area contributed by atoms with E-state index in [1.54, 1.807) is 6.92 Å². The van der Waals surface area contributed by atoms with E-state index >= 15 is 0 Å². The molecule has 0 aromatic rings. The molecule has 0 heterocycles. The summed E-state index contributed by atoms with van der Waals surface area (Å²) in [5.41, 5.74) is -0.230. The van der Waals surface area contributed by atoms with Crippen molar-refractivity contribution in [2.75, 3.05) is 0 Å². The van der Waals surface area contributed by atoms with Crippen molar-refractivity contribution in [3.63, 3.8) is 0 Å². The monoisotopic (exact) mass is 448 g/mol. The Hall–Kier alpha value is -1.23. The normalized spacial score (nSPS) is 44.6. The molecule has 0 aliphatic heterocycles. The molecule has 152 valence electrons. The lowest BCUT2D eigenvalue weighted by molar-refractivity contribution is -0.185. The Morgan fingerprint density at radius 3 is 2.43 bits per heavy atom. The summed E-state index contributed by atoms with van der Waals surface area (Å²) in [4.78, 5) is 36.7. The molecule has 0 saturated heterocycles. The Balaban J connectivity index is 1.79. The SMILES string of the molecule is CC(=O)O[C@]1(C(C)=O)CC[C@H]2[C@@H]3C=C(Br)C4=CC(=O)CC[C@]4(C)[C@H]3CC[C@@]21C. The zero-order chi connectivity index (χ0) is 20.5. The second-order valence-corrected chi connectivity index (χ2v) is 10.6. The van der Waals surface area contributed by atoms with E-state index in [0.29, 0.717) is 24.7 Å². The Kier molecular flexibility index (Phi) is 4.57. The number of fused-ring (bicyclic) bond motifs is 5. The smallest absolute Gasteiger partial charge is 0.303 e. The summed E-state index contributed by atoms with van der Waals surface area (Å²) in [6, 6.07) is 0. The molecule has 5 heteroatoms. The van der Waals surface area contributed by atoms with E-state index in [0.717, 1.165) is 35.7 Å². The number of halogens is 1. The highest BCUT2D eigenvalue weighted by molar-refractivity contribution is 9.12. The van der Waals surface area contributed by atoms with Gasteiger partial charge >= 0.3 is 5.97 Å². The first kappa shape index (κ1) is 20.1. The average Bonchev–Trinajstić information content (AvgIpc) is 2.90. The zero-order valence-corrected chi connectivity index (χ0v) is 18.7. The maximum atomic E-state index is 12.8. The van der Waals surface area contributed by atoms with Crippen molar-refractivity contribution >= 4 is 33.5 Å². The molecule has 0 bridgehead atoms. The van der Waals surface area contributed by atoms with Crippen molar-refractivity contribution in [3.05, 3.63) is 22.2 Å². The van der Waals surface area contributed by atoms with Crippen LogP contribution >= 0.6 is 15.9 Å². The minimum Gasteiger partial charge on any atom is -0.451 e. The number of Topliss-reactive ketones (excluding diaryl/α,β-unsaturated/α-hetero) is 1. The van der Waals surface area contributed by atoms with Gasteiger partial charge in [0.15, 0.2) is 17.2 Å². The standard InChI is InChI=1S/C23H29BrO4/c1-13(25)23(28-14(2)26)10-7-18-16-12-20(24)19-11-15(27)5-8-21(19,3)17(16)6-9-22(18,23)4/h11-12,16-18H,5-10H2,1-4H3/t16-,17+,18+,21-,22+,23+/m1/s1. The molecule has 0 aromatic carbocycles. The molecule has 0 spiro atoms. The fourth-order valence-electron chi connectivity index (χ4n) is 7.13. The predicted molar refractivity (Wildman–Crippen MR) is 110 cm³/mol. The summed E-state index contributed by atoms with van der Waals surface area (Å²) in [6.07, 6.45) is 8.94. The van der Waals surface area contributed by atoms with Crippen molar-refractivity contribution in [2.24, 2.45) is 28.6 Å². The van der Waals surface area contributed by atoms with E-state index in [1.807, 2.05) is 6.08 Å². The second-order valence-electron chi connectivity index (χ2n) is 9.72. The molecule has 2 saturated carbocycles. The van der Waals surface area contributed by atoms with Crippen LogP contribution in [0, 0.1) is 28.6 Å². The maximum Gasteiger partial charge on any atom is 0.303 e. The quantitative estimate of drug-likeness (QED) is 0.563. The largest absolute Gasteiger partial charge is 0.451 e. The highest BCUT2D eigenvalue weighted by atomic mass is 79.9. The molecule has 0 amide bonds. The van der Waals surface area contributed by atoms with Gasteiger partial charge in [0.05, 0.1) is 0 Å². The first-order valence-electron chi connectivity index (χ1n) is 10.4. The lowest BCUT2D eigenvalue weighted by Gasteiger charge is -2.57. The Morgan fingerprint density at radius 2 is 1.79 bits per heavy atom. The molecular formula is C23H29BrO4. The van der Waals surface area contributed by atoms with Crippen LogP contribution in [-0.4, -0.2) is 23.1 Å². The van der Waals surface area contributed by atoms with Gasteiger partial charge in [-0.2, -0.15) is 0 Å². The number of hydrogen-bond donors (Lipinski definition) is 0. The summed E-state index contributed by atoms with van der Waals surface area (Å²) in [6.45, 7) is 7.44. The lowest BCUT2D eigenvalue weighted by atomic mass is 9.48. The molecule has 0 unspecified atom stereocenters. The second kappa shape index (κ2) is 6.38. The van der Waals surface area contributed by atoms with Crippen LogP contribution in [0.25, 0.3) is 0 Å². The van der Waals surface area contributed by atoms with Crippen LogP contribution in [0.5, 0.6) is 0 Å². The molecule has 4 rings (SSSR count). The maximum absolute atomic E-state index is 12.8. The lowest BCUT2D eigenvalue weighted by Crippen LogP contribution is -2.58. The topological polar surface area (TPSA) is 60.4 Å². The van der Waals surface area contributed by atoms with E-state index in [4.69, 9.17) is 4.74 Å². The van der Waals surface area contributed by atoms with Gasteiger partial charge in [-0.25, -0.2) is 0 Å². The van der Waals surface area contributed by atoms with E-state index in [1.165, 1.54) is 6.92 Å². The van der Waals surface area contributed by atoms with E-state index in [9.17, 15) is 14.4 Å². The number of allylic oxidation sites excluding steroid dienone is 4. The van der Waals surface area contributed by atoms with Crippen LogP contribution < -0.4 is 0 Å². The molecule has 4 aliphatic carbocycles. The predicted octanol–water partition coefficient (Wildman–Crippen LogP) is 4.91. The van der Waals surface area contributed by atoms with Gasteiger partial charge in [0, 0.05) is 23.2 Å². The molecule has 28 heavy (non-hydrogen) atoms. The number of esters is 1. The van der Waals surface area contributed by atoms with Gasteiger partial charge in [-0.05, 0) is 73.8 Å². The molecule has 0 aromatic heterocycles. The summed E-state index contributed by atoms with van der Waals surface area (Å²) < 4.78 is 6.84. The van der Waals surface area contributed by atoms with E-state index in [-0.39, 0.29) is 34.3 Å². The third-order valence-electron chi connectivity index (χ3n) is 8.56. The van der Waals surface area contributed by atoms with Gasteiger partial charge in [-0.1, -0.05) is 35.9 Å². The summed E-state index contributed by atoms with van der Waals surface area (Å²) >= 11 is 3.76. The van der Waals surface area contributed by atoms with E-state index < -0.39 is 5.60 Å². The molecule has 4 aliphatic rings. The number of carbonyl (C=O) groups is 3. The first-order chi connectivity index (χ1) is 13.0. The molecule has 0 N–H and O–H groups in total. The highest BCUT2D eigenvalue weighted by Gasteiger charge is 2.67. The van der Waals surface area contributed by atoms with Gasteiger partial charge in [0.25, 0.3) is 0 Å². The van der Waals surface area contributed by atoms with Crippen LogP contribution in [0.2, 0.25) is 0 Å². The van der Waals surface area contributed by atoms with Gasteiger partial charge in [-0.15, -0.1) is 0 Å². The zero-order valence-electron chi connectivity index (χ0n) is 17.1. The molecule has 2 fully saturated rings. The van der Waals surface area contributed by atoms with Crippen LogP contribution in [0.1, 0.15) is 66.2 Å². The van der Waals surface area contributed by atoms with Crippen LogP contribution in [0.15, 0.2) is 22.2 Å². The van der Waals surface area contributed by atoms with Gasteiger partial charge in [0.2, 0.25) is 0 Å². The minimum absolute atomic E-state index is 0.0175. The fourth-order valence-corrected chi connectivity index (χ4v) is 8.01. The van der Waals surface area contributed by atoms with Crippen molar-refractivity contribution in [1.29, 1.82) is 0 Å². The van der Waals surface area contributed by atoms with Crippen LogP contribution in [-0.2, 0) is 19.1 Å². The number of rotatable bonds is 2. The first-order valence-corrected chi connectivity index (χ1v) is 11.2. The third kappa shape index (κ3) is 2.50. The minimum atomic E-state index is -1.01. The van der Waals surface area contributed by atoms with Crippen molar-refractivity contribution in [1.82, 2.24) is 0 Å². The van der Waals surface area contributed by atoms with E-state index in [2.05, 4.69) is 35.9 Å². The summed E-state index contributed by atoms with van der Waals surface area (Å²) in [5, 5.41) is 0. The van der Waals surface area contributed by atoms with Gasteiger partial charge in [-0.3, -0.25) is 14.4 Å². The number of ketones is 2.